The second-order valence-electron chi connectivity index (χ2n) is 6.40. The molecule has 5 nitrogen and oxygen atoms in total. The van der Waals surface area contributed by atoms with Crippen LogP contribution in [0.4, 0.5) is 0 Å². The largest absolute Gasteiger partial charge is 0.431 e. The zero-order valence-corrected chi connectivity index (χ0v) is 15.1. The van der Waals surface area contributed by atoms with Crippen LogP contribution >= 0.6 is 11.3 Å². The molecule has 1 atom stereocenters. The van der Waals surface area contributed by atoms with E-state index >= 15 is 0 Å². The van der Waals surface area contributed by atoms with E-state index in [9.17, 15) is 4.79 Å². The molecule has 4 rings (SSSR count). The van der Waals surface area contributed by atoms with E-state index in [0.29, 0.717) is 11.7 Å². The second-order valence-corrected chi connectivity index (χ2v) is 7.39. The molecule has 0 saturated carbocycles. The van der Waals surface area contributed by atoms with Crippen molar-refractivity contribution in [1.82, 2.24) is 9.88 Å². The first kappa shape index (κ1) is 17.0. The maximum Gasteiger partial charge on any atom is 0.279 e. The molecule has 1 fully saturated rings. The van der Waals surface area contributed by atoms with Gasteiger partial charge in [0.1, 0.15) is 5.75 Å². The lowest BCUT2D eigenvalue weighted by Crippen LogP contribution is -2.47. The molecular weight excluding hydrogens is 346 g/mol. The van der Waals surface area contributed by atoms with Crippen LogP contribution in [0.25, 0.3) is 10.2 Å². The van der Waals surface area contributed by atoms with E-state index in [1.165, 1.54) is 11.3 Å². The number of amides is 1. The fraction of sp³-hybridized carbons (Fsp3) is 0.250. The molecule has 3 aromatic rings. The van der Waals surface area contributed by atoms with E-state index in [1.54, 1.807) is 0 Å². The Kier molecular flexibility index (Phi) is 4.86. The second kappa shape index (κ2) is 7.43. The van der Waals surface area contributed by atoms with Crippen LogP contribution in [-0.2, 0) is 11.3 Å². The number of hydrogen-bond donors (Lipinski definition) is 1. The molecule has 6 heteroatoms. The Morgan fingerprint density at radius 3 is 2.81 bits per heavy atom. The fourth-order valence-corrected chi connectivity index (χ4v) is 4.05. The summed E-state index contributed by atoms with van der Waals surface area (Å²) in [5.74, 6) is 0.503. The number of nitrogens with zero attached hydrogens (tertiary/aromatic N) is 2. The molecule has 2 aromatic carbocycles. The molecule has 1 amide bonds. The first-order valence-electron chi connectivity index (χ1n) is 8.66. The first-order chi connectivity index (χ1) is 12.7. The summed E-state index contributed by atoms with van der Waals surface area (Å²) in [6.07, 6.45) is 3.86. The number of nitrogens with two attached hydrogens (primary N) is 1. The van der Waals surface area contributed by atoms with Gasteiger partial charge in [0.25, 0.3) is 5.19 Å². The molecule has 2 heterocycles. The molecule has 1 radical (unpaired) electrons. The van der Waals surface area contributed by atoms with E-state index < -0.39 is 0 Å². The number of aromatic nitrogens is 1. The van der Waals surface area contributed by atoms with Gasteiger partial charge in [0.05, 0.1) is 16.3 Å². The van der Waals surface area contributed by atoms with Crippen molar-refractivity contribution >= 4 is 27.5 Å². The molecule has 1 aliphatic rings. The van der Waals surface area contributed by atoms with Crippen LogP contribution in [0.15, 0.2) is 48.5 Å². The topological polar surface area (TPSA) is 68.5 Å². The Bertz CT molecular complexity index is 874. The molecule has 1 unspecified atom stereocenters. The number of carbonyl (C=O) groups is 1. The lowest BCUT2D eigenvalue weighted by Gasteiger charge is -2.33. The first-order valence-corrected chi connectivity index (χ1v) is 9.48. The molecule has 133 valence electrons. The zero-order valence-electron chi connectivity index (χ0n) is 14.3. The highest BCUT2D eigenvalue weighted by molar-refractivity contribution is 7.20. The molecule has 1 saturated heterocycles. The van der Waals surface area contributed by atoms with Crippen LogP contribution in [-0.4, -0.2) is 28.4 Å². The van der Waals surface area contributed by atoms with Gasteiger partial charge in [-0.15, -0.1) is 0 Å². The van der Waals surface area contributed by atoms with Gasteiger partial charge in [0, 0.05) is 6.54 Å². The van der Waals surface area contributed by atoms with Crippen LogP contribution < -0.4 is 10.5 Å². The van der Waals surface area contributed by atoms with Gasteiger partial charge in [0.2, 0.25) is 5.91 Å². The van der Waals surface area contributed by atoms with Crippen LogP contribution in [0.3, 0.4) is 0 Å². The highest BCUT2D eigenvalue weighted by Crippen LogP contribution is 2.31. The highest BCUT2D eigenvalue weighted by Gasteiger charge is 2.26. The predicted molar refractivity (Wildman–Crippen MR) is 103 cm³/mol. The average molecular weight is 366 g/mol. The van der Waals surface area contributed by atoms with Crippen molar-refractivity contribution in [3.63, 3.8) is 0 Å². The van der Waals surface area contributed by atoms with Crippen molar-refractivity contribution in [2.45, 2.75) is 25.4 Å². The summed E-state index contributed by atoms with van der Waals surface area (Å²) in [4.78, 5) is 18.3. The van der Waals surface area contributed by atoms with E-state index in [2.05, 4.69) is 16.3 Å². The van der Waals surface area contributed by atoms with Crippen LogP contribution in [0.1, 0.15) is 18.4 Å². The summed E-state index contributed by atoms with van der Waals surface area (Å²) in [6, 6.07) is 15.7. The molecule has 26 heavy (non-hydrogen) atoms. The summed E-state index contributed by atoms with van der Waals surface area (Å²) >= 11 is 1.53. The molecule has 0 bridgehead atoms. The summed E-state index contributed by atoms with van der Waals surface area (Å²) in [5.41, 5.74) is 7.61. The van der Waals surface area contributed by atoms with E-state index in [0.717, 1.165) is 40.9 Å². The monoisotopic (exact) mass is 366 g/mol. The minimum Gasteiger partial charge on any atom is -0.431 e. The summed E-state index contributed by atoms with van der Waals surface area (Å²) in [5, 5.41) is 0.638. The van der Waals surface area contributed by atoms with Crippen LogP contribution in [0.2, 0.25) is 0 Å². The number of likely N-dealkylation sites (tertiary alicyclic amines) is 1. The number of carbonyl (C=O) groups excluding carboxylic acids is 1. The molecular formula is C20H20N3O2S. The van der Waals surface area contributed by atoms with E-state index in [4.69, 9.17) is 10.5 Å². The molecule has 2 N–H and O–H groups in total. The zero-order chi connectivity index (χ0) is 17.9. The van der Waals surface area contributed by atoms with Gasteiger partial charge < -0.3 is 10.5 Å². The van der Waals surface area contributed by atoms with Gasteiger partial charge >= 0.3 is 0 Å². The quantitative estimate of drug-likeness (QED) is 0.747. The Morgan fingerprint density at radius 1 is 1.23 bits per heavy atom. The number of hydrogen-bond acceptors (Lipinski definition) is 5. The standard InChI is InChI=1S/C20H20N3O2S/c21-19(24)17-6-3-4-12-23(17)13-14-8-10-15(11-9-14)25-20-22-16-5-1-2-7-18(16)26-20/h1-3,5,7-11,17H,4,6,12-13H2,(H2,21,24). The summed E-state index contributed by atoms with van der Waals surface area (Å²) < 4.78 is 6.99. The highest BCUT2D eigenvalue weighted by atomic mass is 32.1. The van der Waals surface area contributed by atoms with Crippen molar-refractivity contribution in [2.75, 3.05) is 6.54 Å². The maximum absolute atomic E-state index is 11.6. The average Bonchev–Trinajstić information content (AvgIpc) is 3.06. The number of ether oxygens (including phenoxy) is 1. The smallest absolute Gasteiger partial charge is 0.279 e. The Hall–Kier alpha value is -2.44. The van der Waals surface area contributed by atoms with Crippen LogP contribution in [0, 0.1) is 6.42 Å². The number of thiazole rings is 1. The number of para-hydroxylation sites is 1. The SMILES string of the molecule is NC(=O)C1C[CH]CCN1Cc1ccc(Oc2nc3ccccc3s2)cc1. The van der Waals surface area contributed by atoms with Gasteiger partial charge in [-0.3, -0.25) is 9.69 Å². The van der Waals surface area contributed by atoms with Gasteiger partial charge in [0.15, 0.2) is 0 Å². The molecule has 0 aliphatic carbocycles. The third-order valence-electron chi connectivity index (χ3n) is 4.57. The molecule has 0 spiro atoms. The Morgan fingerprint density at radius 2 is 2.04 bits per heavy atom. The number of piperidine rings is 1. The van der Waals surface area contributed by atoms with E-state index in [1.807, 2.05) is 48.5 Å². The summed E-state index contributed by atoms with van der Waals surface area (Å²) in [7, 11) is 0. The van der Waals surface area contributed by atoms with Gasteiger partial charge in [-0.05, 0) is 55.6 Å². The maximum atomic E-state index is 11.6. The predicted octanol–water partition coefficient (Wildman–Crippen LogP) is 3.74. The molecule has 1 aliphatic heterocycles. The third-order valence-corrected chi connectivity index (χ3v) is 5.48. The Labute approximate surface area is 156 Å². The lowest BCUT2D eigenvalue weighted by molar-refractivity contribution is -0.124. The number of benzene rings is 2. The Balaban J connectivity index is 1.43. The van der Waals surface area contributed by atoms with Crippen molar-refractivity contribution in [1.29, 1.82) is 0 Å². The number of rotatable bonds is 5. The van der Waals surface area contributed by atoms with Crippen LogP contribution in [0.5, 0.6) is 10.9 Å². The van der Waals surface area contributed by atoms with Crippen molar-refractivity contribution in [3.05, 3.63) is 60.5 Å². The summed E-state index contributed by atoms with van der Waals surface area (Å²) in [6.45, 7) is 1.57. The molecule has 1 aromatic heterocycles. The number of fused-ring (bicyclic) bond motifs is 1. The normalized spacial score (nSPS) is 18.1. The van der Waals surface area contributed by atoms with Crippen molar-refractivity contribution < 1.29 is 9.53 Å². The van der Waals surface area contributed by atoms with Gasteiger partial charge in [-0.25, -0.2) is 4.98 Å². The van der Waals surface area contributed by atoms with Crippen molar-refractivity contribution in [3.8, 4) is 10.9 Å². The number of primary amides is 1. The minimum absolute atomic E-state index is 0.206. The van der Waals surface area contributed by atoms with Crippen molar-refractivity contribution in [2.24, 2.45) is 5.73 Å². The van der Waals surface area contributed by atoms with Gasteiger partial charge in [-0.2, -0.15) is 0 Å². The lowest BCUT2D eigenvalue weighted by atomic mass is 10.0. The van der Waals surface area contributed by atoms with Gasteiger partial charge in [-0.1, -0.05) is 35.6 Å². The minimum atomic E-state index is -0.253. The van der Waals surface area contributed by atoms with E-state index in [-0.39, 0.29) is 11.9 Å². The fourth-order valence-electron chi connectivity index (χ4n) is 3.22. The third kappa shape index (κ3) is 3.71.